The van der Waals surface area contributed by atoms with Crippen LogP contribution < -0.4 is 0 Å². The Morgan fingerprint density at radius 2 is 1.61 bits per heavy atom. The first-order valence-electron chi connectivity index (χ1n) is 7.39. The second-order valence-electron chi connectivity index (χ2n) is 5.61. The molecule has 0 aliphatic rings. The van der Waals surface area contributed by atoms with Gasteiger partial charge in [-0.05, 0) is 35.9 Å². The predicted octanol–water partition coefficient (Wildman–Crippen LogP) is 4.31. The Bertz CT molecular complexity index is 910. The summed E-state index contributed by atoms with van der Waals surface area (Å²) in [5, 5.41) is 11.8. The van der Waals surface area contributed by atoms with Crippen LogP contribution in [0.15, 0.2) is 60.7 Å². The van der Waals surface area contributed by atoms with Crippen molar-refractivity contribution in [2.24, 2.45) is 0 Å². The maximum Gasteiger partial charge on any atom is 0.174 e. The van der Waals surface area contributed by atoms with Gasteiger partial charge in [-0.3, -0.25) is 9.59 Å². The van der Waals surface area contributed by atoms with Crippen LogP contribution in [0.25, 0.3) is 10.8 Å². The van der Waals surface area contributed by atoms with Gasteiger partial charge >= 0.3 is 0 Å². The number of ketones is 2. The van der Waals surface area contributed by atoms with Crippen molar-refractivity contribution in [3.05, 3.63) is 77.4 Å². The standard InChI is InChI=1S/C20H16O3/c1-13-6-9-18(21)17(10-13)20(23)12-19(22)16-8-7-14-4-2-3-5-15(14)11-16/h2-11,21H,12H2,1H3. The summed E-state index contributed by atoms with van der Waals surface area (Å²) in [5.74, 6) is -0.710. The van der Waals surface area contributed by atoms with Gasteiger partial charge in [-0.2, -0.15) is 0 Å². The molecule has 0 aliphatic heterocycles. The highest BCUT2D eigenvalue weighted by Crippen LogP contribution is 2.22. The lowest BCUT2D eigenvalue weighted by molar-refractivity contribution is 0.0893. The van der Waals surface area contributed by atoms with Crippen LogP contribution in [-0.4, -0.2) is 16.7 Å². The number of aryl methyl sites for hydroxylation is 1. The molecule has 0 atom stereocenters. The van der Waals surface area contributed by atoms with Gasteiger partial charge in [-0.1, -0.05) is 48.0 Å². The molecule has 0 amide bonds. The number of phenolic OH excluding ortho intramolecular Hbond substituents is 1. The van der Waals surface area contributed by atoms with E-state index in [9.17, 15) is 14.7 Å². The van der Waals surface area contributed by atoms with E-state index in [1.165, 1.54) is 6.07 Å². The van der Waals surface area contributed by atoms with Gasteiger partial charge in [-0.15, -0.1) is 0 Å². The Labute approximate surface area is 134 Å². The molecule has 3 nitrogen and oxygen atoms in total. The van der Waals surface area contributed by atoms with Crippen molar-refractivity contribution < 1.29 is 14.7 Å². The number of carbonyl (C=O) groups excluding carboxylic acids is 2. The Balaban J connectivity index is 1.85. The number of carbonyl (C=O) groups is 2. The molecule has 3 rings (SSSR count). The van der Waals surface area contributed by atoms with Gasteiger partial charge in [0.05, 0.1) is 12.0 Å². The average molecular weight is 304 g/mol. The van der Waals surface area contributed by atoms with Crippen molar-refractivity contribution in [3.8, 4) is 5.75 Å². The Hall–Kier alpha value is -2.94. The molecule has 0 aromatic heterocycles. The summed E-state index contributed by atoms with van der Waals surface area (Å²) < 4.78 is 0. The van der Waals surface area contributed by atoms with Crippen LogP contribution in [0, 0.1) is 6.92 Å². The van der Waals surface area contributed by atoms with Crippen LogP contribution in [0.5, 0.6) is 5.75 Å². The molecule has 3 aromatic rings. The fraction of sp³-hybridized carbons (Fsp3) is 0.100. The van der Waals surface area contributed by atoms with Crippen LogP contribution in [0.2, 0.25) is 0 Å². The summed E-state index contributed by atoms with van der Waals surface area (Å²) >= 11 is 0. The van der Waals surface area contributed by atoms with E-state index in [0.717, 1.165) is 16.3 Å². The maximum atomic E-state index is 12.4. The predicted molar refractivity (Wildman–Crippen MR) is 90.1 cm³/mol. The Morgan fingerprint density at radius 1 is 0.870 bits per heavy atom. The Kier molecular flexibility index (Phi) is 3.94. The van der Waals surface area contributed by atoms with E-state index in [1.807, 2.05) is 37.3 Å². The van der Waals surface area contributed by atoms with E-state index in [0.29, 0.717) is 5.56 Å². The van der Waals surface area contributed by atoms with Gasteiger partial charge in [0.25, 0.3) is 0 Å². The molecule has 1 N–H and O–H groups in total. The molecule has 0 spiro atoms. The molecule has 0 radical (unpaired) electrons. The van der Waals surface area contributed by atoms with Crippen LogP contribution >= 0.6 is 0 Å². The molecule has 3 heteroatoms. The first kappa shape index (κ1) is 15.0. The molecule has 0 fully saturated rings. The summed E-state index contributed by atoms with van der Waals surface area (Å²) in [7, 11) is 0. The summed E-state index contributed by atoms with van der Waals surface area (Å²) in [6, 6.07) is 17.9. The number of hydrogen-bond acceptors (Lipinski definition) is 3. The van der Waals surface area contributed by atoms with E-state index in [4.69, 9.17) is 0 Å². The first-order valence-corrected chi connectivity index (χ1v) is 7.39. The quantitative estimate of drug-likeness (QED) is 0.577. The Morgan fingerprint density at radius 3 is 2.39 bits per heavy atom. The number of phenols is 1. The zero-order valence-corrected chi connectivity index (χ0v) is 12.7. The fourth-order valence-electron chi connectivity index (χ4n) is 2.58. The maximum absolute atomic E-state index is 12.4. The zero-order chi connectivity index (χ0) is 16.4. The summed E-state index contributed by atoms with van der Waals surface area (Å²) in [4.78, 5) is 24.7. The van der Waals surface area contributed by atoms with Crippen LogP contribution in [-0.2, 0) is 0 Å². The number of hydrogen-bond donors (Lipinski definition) is 1. The van der Waals surface area contributed by atoms with Crippen LogP contribution in [0.4, 0.5) is 0 Å². The number of aromatic hydroxyl groups is 1. The SMILES string of the molecule is Cc1ccc(O)c(C(=O)CC(=O)c2ccc3ccccc3c2)c1. The average Bonchev–Trinajstić information content (AvgIpc) is 2.56. The fourth-order valence-corrected chi connectivity index (χ4v) is 2.58. The van der Waals surface area contributed by atoms with Crippen molar-refractivity contribution >= 4 is 22.3 Å². The minimum absolute atomic E-state index is 0.0908. The van der Waals surface area contributed by atoms with E-state index >= 15 is 0 Å². The van der Waals surface area contributed by atoms with Gasteiger partial charge in [0.1, 0.15) is 5.75 Å². The molecule has 114 valence electrons. The first-order chi connectivity index (χ1) is 11.0. The molecule has 0 aliphatic carbocycles. The second kappa shape index (κ2) is 6.05. The van der Waals surface area contributed by atoms with E-state index < -0.39 is 0 Å². The van der Waals surface area contributed by atoms with Gasteiger partial charge in [0.2, 0.25) is 0 Å². The molecule has 0 unspecified atom stereocenters. The lowest BCUT2D eigenvalue weighted by atomic mass is 9.98. The highest BCUT2D eigenvalue weighted by Gasteiger charge is 2.17. The number of benzene rings is 3. The minimum Gasteiger partial charge on any atom is -0.507 e. The molecular formula is C20H16O3. The zero-order valence-electron chi connectivity index (χ0n) is 12.7. The minimum atomic E-state index is -0.371. The highest BCUT2D eigenvalue weighted by atomic mass is 16.3. The summed E-state index contributed by atoms with van der Waals surface area (Å²) in [6.45, 7) is 1.83. The van der Waals surface area contributed by atoms with E-state index in [2.05, 4.69) is 0 Å². The van der Waals surface area contributed by atoms with Crippen LogP contribution in [0.1, 0.15) is 32.7 Å². The van der Waals surface area contributed by atoms with Gasteiger partial charge in [-0.25, -0.2) is 0 Å². The molecule has 0 saturated carbocycles. The third-order valence-corrected chi connectivity index (χ3v) is 3.85. The van der Waals surface area contributed by atoms with Crippen molar-refractivity contribution in [3.63, 3.8) is 0 Å². The lowest BCUT2D eigenvalue weighted by Gasteiger charge is -2.06. The van der Waals surface area contributed by atoms with Crippen molar-refractivity contribution in [2.75, 3.05) is 0 Å². The molecular weight excluding hydrogens is 288 g/mol. The second-order valence-corrected chi connectivity index (χ2v) is 5.61. The molecule has 0 saturated heterocycles. The van der Waals surface area contributed by atoms with Crippen LogP contribution in [0.3, 0.4) is 0 Å². The molecule has 3 aromatic carbocycles. The largest absolute Gasteiger partial charge is 0.507 e. The van der Waals surface area contributed by atoms with Gasteiger partial charge in [0.15, 0.2) is 11.6 Å². The number of rotatable bonds is 4. The third-order valence-electron chi connectivity index (χ3n) is 3.85. The van der Waals surface area contributed by atoms with E-state index in [1.54, 1.807) is 24.3 Å². The lowest BCUT2D eigenvalue weighted by Crippen LogP contribution is -2.09. The van der Waals surface area contributed by atoms with Gasteiger partial charge < -0.3 is 5.11 Å². The number of Topliss-reactive ketones (excluding diaryl/α,β-unsaturated/α-hetero) is 2. The highest BCUT2D eigenvalue weighted by molar-refractivity contribution is 6.15. The van der Waals surface area contributed by atoms with Crippen molar-refractivity contribution in [2.45, 2.75) is 13.3 Å². The monoisotopic (exact) mass is 304 g/mol. The number of fused-ring (bicyclic) bond motifs is 1. The molecule has 23 heavy (non-hydrogen) atoms. The summed E-state index contributed by atoms with van der Waals surface area (Å²) in [6.07, 6.45) is -0.255. The smallest absolute Gasteiger partial charge is 0.174 e. The third kappa shape index (κ3) is 3.14. The summed E-state index contributed by atoms with van der Waals surface area (Å²) in [5.41, 5.74) is 1.56. The van der Waals surface area contributed by atoms with Crippen molar-refractivity contribution in [1.82, 2.24) is 0 Å². The van der Waals surface area contributed by atoms with Gasteiger partial charge in [0, 0.05) is 5.56 Å². The van der Waals surface area contributed by atoms with E-state index in [-0.39, 0.29) is 29.3 Å². The topological polar surface area (TPSA) is 54.4 Å². The normalized spacial score (nSPS) is 10.7. The molecule has 0 bridgehead atoms. The molecule has 0 heterocycles. The van der Waals surface area contributed by atoms with Crippen molar-refractivity contribution in [1.29, 1.82) is 0 Å².